The van der Waals surface area contributed by atoms with Crippen LogP contribution in [-0.4, -0.2) is 39.6 Å². The van der Waals surface area contributed by atoms with Gasteiger partial charge in [-0.05, 0) is 17.9 Å². The highest BCUT2D eigenvalue weighted by atomic mass is 32.2. The number of hydrogen-bond acceptors (Lipinski definition) is 5. The van der Waals surface area contributed by atoms with Crippen LogP contribution in [0.1, 0.15) is 12.5 Å². The van der Waals surface area contributed by atoms with Crippen molar-refractivity contribution in [3.63, 3.8) is 0 Å². The molecule has 2 aromatic rings. The molecule has 2 rings (SSSR count). The summed E-state index contributed by atoms with van der Waals surface area (Å²) in [5.41, 5.74) is -0.909. The molecule has 0 aliphatic carbocycles. The second-order valence-corrected chi connectivity index (χ2v) is 6.56. The van der Waals surface area contributed by atoms with Crippen LogP contribution < -0.4 is 4.74 Å². The van der Waals surface area contributed by atoms with Gasteiger partial charge in [0.15, 0.2) is 6.61 Å². The maximum absolute atomic E-state index is 12.8. The van der Waals surface area contributed by atoms with E-state index in [1.54, 1.807) is 6.92 Å². The lowest BCUT2D eigenvalue weighted by molar-refractivity contribution is -0.290. The molecular formula is C15H11F8N3OS. The molecule has 0 amide bonds. The third-order valence-corrected chi connectivity index (χ3v) is 4.09. The van der Waals surface area contributed by atoms with Gasteiger partial charge in [-0.25, -0.2) is 0 Å². The van der Waals surface area contributed by atoms with Gasteiger partial charge in [0.05, 0.1) is 5.56 Å². The van der Waals surface area contributed by atoms with Crippen molar-refractivity contribution >= 4 is 11.8 Å². The van der Waals surface area contributed by atoms with Crippen LogP contribution in [0.3, 0.4) is 0 Å². The molecule has 0 atom stereocenters. The molecule has 154 valence electrons. The number of thioether (sulfide) groups is 1. The third kappa shape index (κ3) is 5.20. The molecule has 0 saturated heterocycles. The number of aromatic nitrogens is 3. The summed E-state index contributed by atoms with van der Waals surface area (Å²) in [4.78, 5) is 3.88. The molecule has 13 heteroatoms. The highest BCUT2D eigenvalue weighted by Crippen LogP contribution is 2.37. The first-order chi connectivity index (χ1) is 12.8. The fourth-order valence-corrected chi connectivity index (χ4v) is 2.64. The molecule has 4 nitrogen and oxygen atoms in total. The number of rotatable bonds is 6. The molecule has 0 saturated carbocycles. The van der Waals surface area contributed by atoms with E-state index in [2.05, 4.69) is 19.9 Å². The Morgan fingerprint density at radius 3 is 2.18 bits per heavy atom. The SMILES string of the molecule is CCSc1cc(C(F)(F)F)cnc1-c1ccc(OCC(F)(F)C(F)(F)F)nn1. The van der Waals surface area contributed by atoms with E-state index in [0.717, 1.165) is 30.0 Å². The molecule has 0 fully saturated rings. The zero-order chi connectivity index (χ0) is 21.2. The molecule has 0 N–H and O–H groups in total. The third-order valence-electron chi connectivity index (χ3n) is 3.18. The number of hydrogen-bond donors (Lipinski definition) is 0. The normalized spacial score (nSPS) is 12.9. The second-order valence-electron chi connectivity index (χ2n) is 5.25. The van der Waals surface area contributed by atoms with Crippen molar-refractivity contribution in [2.45, 2.75) is 30.1 Å². The summed E-state index contributed by atoms with van der Waals surface area (Å²) in [6.45, 7) is -0.280. The summed E-state index contributed by atoms with van der Waals surface area (Å²) in [6.07, 6.45) is -9.77. The van der Waals surface area contributed by atoms with Gasteiger partial charge in [-0.1, -0.05) is 6.92 Å². The first-order valence-corrected chi connectivity index (χ1v) is 8.45. The average Bonchev–Trinajstić information content (AvgIpc) is 2.59. The predicted octanol–water partition coefficient (Wildman–Crippen LogP) is 5.25. The van der Waals surface area contributed by atoms with Crippen molar-refractivity contribution < 1.29 is 39.9 Å². The van der Waals surface area contributed by atoms with E-state index in [9.17, 15) is 35.1 Å². The van der Waals surface area contributed by atoms with Crippen LogP contribution in [0.4, 0.5) is 35.1 Å². The van der Waals surface area contributed by atoms with Crippen LogP contribution in [0.5, 0.6) is 5.88 Å². The van der Waals surface area contributed by atoms with Gasteiger partial charge >= 0.3 is 18.3 Å². The number of nitrogens with zero attached hydrogens (tertiary/aromatic N) is 3. The van der Waals surface area contributed by atoms with Gasteiger partial charge in [-0.2, -0.15) is 35.1 Å². The summed E-state index contributed by atoms with van der Waals surface area (Å²) in [5.74, 6) is -5.26. The van der Waals surface area contributed by atoms with E-state index in [-0.39, 0.29) is 16.3 Å². The molecule has 0 aliphatic rings. The van der Waals surface area contributed by atoms with E-state index in [0.29, 0.717) is 11.9 Å². The van der Waals surface area contributed by atoms with Crippen LogP contribution in [0, 0.1) is 0 Å². The van der Waals surface area contributed by atoms with Crippen LogP contribution in [0.2, 0.25) is 0 Å². The minimum Gasteiger partial charge on any atom is -0.470 e. The zero-order valence-corrected chi connectivity index (χ0v) is 14.7. The van der Waals surface area contributed by atoms with Crippen molar-refractivity contribution in [2.75, 3.05) is 12.4 Å². The second kappa shape index (κ2) is 8.05. The fraction of sp³-hybridized carbons (Fsp3) is 0.400. The first kappa shape index (κ1) is 22.1. The van der Waals surface area contributed by atoms with E-state index < -0.39 is 36.3 Å². The maximum atomic E-state index is 12.8. The number of ether oxygens (including phenoxy) is 1. The highest BCUT2D eigenvalue weighted by Gasteiger charge is 2.58. The Hall–Kier alpha value is -2.18. The summed E-state index contributed by atoms with van der Waals surface area (Å²) >= 11 is 1.06. The molecule has 0 aliphatic heterocycles. The predicted molar refractivity (Wildman–Crippen MR) is 83.2 cm³/mol. The minimum absolute atomic E-state index is 0.000365. The lowest BCUT2D eigenvalue weighted by atomic mass is 10.2. The molecule has 0 unspecified atom stereocenters. The molecule has 0 radical (unpaired) electrons. The van der Waals surface area contributed by atoms with E-state index in [1.165, 1.54) is 0 Å². The van der Waals surface area contributed by atoms with Crippen LogP contribution in [-0.2, 0) is 6.18 Å². The van der Waals surface area contributed by atoms with Crippen molar-refractivity contribution in [1.29, 1.82) is 0 Å². The Morgan fingerprint density at radius 2 is 1.68 bits per heavy atom. The van der Waals surface area contributed by atoms with Gasteiger partial charge in [0.2, 0.25) is 5.88 Å². The summed E-state index contributed by atoms with van der Waals surface area (Å²) in [5, 5.41) is 6.96. The smallest absolute Gasteiger partial charge is 0.456 e. The standard InChI is InChI=1S/C15H11F8N3OS/c1-2-28-10-5-8(14(18,19)20)6-24-12(10)9-3-4-11(26-25-9)27-7-13(16,17)15(21,22)23/h3-6H,2,7H2,1H3. The number of alkyl halides is 8. The lowest BCUT2D eigenvalue weighted by Gasteiger charge is -2.19. The Bertz CT molecular complexity index is 808. The molecule has 0 spiro atoms. The van der Waals surface area contributed by atoms with Crippen LogP contribution in [0.15, 0.2) is 29.3 Å². The number of halogens is 8. The monoisotopic (exact) mass is 433 g/mol. The van der Waals surface area contributed by atoms with Crippen LogP contribution >= 0.6 is 11.8 Å². The summed E-state index contributed by atoms with van der Waals surface area (Å²) in [7, 11) is 0. The summed E-state index contributed by atoms with van der Waals surface area (Å²) < 4.78 is 105. The topological polar surface area (TPSA) is 47.9 Å². The van der Waals surface area contributed by atoms with Gasteiger partial charge in [-0.15, -0.1) is 22.0 Å². The van der Waals surface area contributed by atoms with Crippen molar-refractivity contribution in [3.05, 3.63) is 30.0 Å². The van der Waals surface area contributed by atoms with Crippen molar-refractivity contribution in [3.8, 4) is 17.3 Å². The van der Waals surface area contributed by atoms with Gasteiger partial charge in [0, 0.05) is 17.2 Å². The van der Waals surface area contributed by atoms with Crippen LogP contribution in [0.25, 0.3) is 11.4 Å². The Morgan fingerprint density at radius 1 is 1.00 bits per heavy atom. The molecule has 0 aromatic carbocycles. The largest absolute Gasteiger partial charge is 0.470 e. The highest BCUT2D eigenvalue weighted by molar-refractivity contribution is 7.99. The van der Waals surface area contributed by atoms with Gasteiger partial charge in [0.1, 0.15) is 11.4 Å². The van der Waals surface area contributed by atoms with Gasteiger partial charge < -0.3 is 4.74 Å². The van der Waals surface area contributed by atoms with Gasteiger partial charge in [-0.3, -0.25) is 4.98 Å². The Balaban J connectivity index is 2.23. The first-order valence-electron chi connectivity index (χ1n) is 7.46. The maximum Gasteiger partial charge on any atom is 0.456 e. The lowest BCUT2D eigenvalue weighted by Crippen LogP contribution is -2.41. The Labute approximate surface area is 157 Å². The molecular weight excluding hydrogens is 422 g/mol. The van der Waals surface area contributed by atoms with Crippen molar-refractivity contribution in [1.82, 2.24) is 15.2 Å². The van der Waals surface area contributed by atoms with E-state index in [4.69, 9.17) is 0 Å². The van der Waals surface area contributed by atoms with Crippen molar-refractivity contribution in [2.24, 2.45) is 0 Å². The van der Waals surface area contributed by atoms with Gasteiger partial charge in [0.25, 0.3) is 0 Å². The zero-order valence-electron chi connectivity index (χ0n) is 13.9. The average molecular weight is 433 g/mol. The minimum atomic E-state index is -5.78. The molecule has 28 heavy (non-hydrogen) atoms. The van der Waals surface area contributed by atoms with E-state index in [1.807, 2.05) is 0 Å². The molecule has 2 heterocycles. The fourth-order valence-electron chi connectivity index (χ4n) is 1.83. The number of pyridine rings is 1. The van der Waals surface area contributed by atoms with E-state index >= 15 is 0 Å². The molecule has 0 bridgehead atoms. The molecule has 2 aromatic heterocycles. The summed E-state index contributed by atoms with van der Waals surface area (Å²) in [6, 6.07) is 2.99. The Kier molecular flexibility index (Phi) is 6.36. The quantitative estimate of drug-likeness (QED) is 0.460.